The molecule has 2 aromatic rings. The van der Waals surface area contributed by atoms with E-state index in [-0.39, 0.29) is 0 Å². The number of hydrogen-bond donors (Lipinski definition) is 0. The highest BCUT2D eigenvalue weighted by Gasteiger charge is 2.22. The first-order chi connectivity index (χ1) is 8.81. The predicted molar refractivity (Wildman–Crippen MR) is 76.5 cm³/mol. The lowest BCUT2D eigenvalue weighted by atomic mass is 10.1. The molecule has 92 valence electrons. The molecule has 3 rings (SSSR count). The zero-order valence-electron chi connectivity index (χ0n) is 10.4. The number of benzene rings is 2. The third kappa shape index (κ3) is 2.54. The monoisotopic (exact) mass is 256 g/mol. The van der Waals surface area contributed by atoms with Crippen LogP contribution in [0.5, 0.6) is 5.75 Å². The van der Waals surface area contributed by atoms with Gasteiger partial charge in [0.25, 0.3) is 0 Å². The predicted octanol–water partition coefficient (Wildman–Crippen LogP) is 4.09. The Labute approximate surface area is 112 Å². The van der Waals surface area contributed by atoms with Gasteiger partial charge in [0.2, 0.25) is 0 Å². The van der Waals surface area contributed by atoms with Crippen LogP contribution < -0.4 is 4.74 Å². The lowest BCUT2D eigenvalue weighted by Crippen LogP contribution is -2.15. The van der Waals surface area contributed by atoms with E-state index in [9.17, 15) is 0 Å². The fourth-order valence-corrected chi connectivity index (χ4v) is 3.06. The Bertz CT molecular complexity index is 508. The van der Waals surface area contributed by atoms with Gasteiger partial charge in [-0.25, -0.2) is 0 Å². The van der Waals surface area contributed by atoms with Crippen LogP contribution >= 0.6 is 11.8 Å². The van der Waals surface area contributed by atoms with Gasteiger partial charge in [-0.05, 0) is 30.7 Å². The van der Waals surface area contributed by atoms with E-state index in [1.165, 1.54) is 16.0 Å². The quantitative estimate of drug-likeness (QED) is 0.765. The van der Waals surface area contributed by atoms with Crippen LogP contribution in [0.4, 0.5) is 0 Å². The van der Waals surface area contributed by atoms with Gasteiger partial charge in [-0.15, -0.1) is 11.8 Å². The summed E-state index contributed by atoms with van der Waals surface area (Å²) < 4.78 is 5.93. The second kappa shape index (κ2) is 5.07. The first kappa shape index (κ1) is 11.7. The summed E-state index contributed by atoms with van der Waals surface area (Å²) in [5.41, 5.74) is 2.65. The van der Waals surface area contributed by atoms with Gasteiger partial charge in [0.05, 0.1) is 0 Å². The van der Waals surface area contributed by atoms with E-state index < -0.39 is 0 Å². The summed E-state index contributed by atoms with van der Waals surface area (Å²) in [7, 11) is 0. The minimum Gasteiger partial charge on any atom is -0.489 e. The molecule has 0 bridgehead atoms. The molecule has 0 aliphatic carbocycles. The second-order valence-corrected chi connectivity index (χ2v) is 5.77. The fraction of sp³-hybridized carbons (Fsp3) is 0.250. The Hall–Kier alpha value is -1.41. The molecule has 0 saturated heterocycles. The van der Waals surface area contributed by atoms with Gasteiger partial charge < -0.3 is 4.74 Å². The topological polar surface area (TPSA) is 9.23 Å². The van der Waals surface area contributed by atoms with E-state index in [1.807, 2.05) is 17.8 Å². The molecular formula is C16H16OS. The van der Waals surface area contributed by atoms with Crippen molar-refractivity contribution in [3.05, 3.63) is 59.7 Å². The molecule has 0 amide bonds. The first-order valence-corrected chi connectivity index (χ1v) is 7.24. The van der Waals surface area contributed by atoms with Crippen LogP contribution in [-0.4, -0.2) is 11.9 Å². The standard InChI is InChI=1S/C16H16OS/c1-12-6-8-15(9-7-12)18-11-14-10-13-4-2-3-5-16(13)17-14/h2-9,14H,10-11H2,1H3. The number of rotatable bonds is 3. The Kier molecular flexibility index (Phi) is 3.28. The second-order valence-electron chi connectivity index (χ2n) is 4.68. The molecule has 0 radical (unpaired) electrons. The molecule has 1 heterocycles. The Morgan fingerprint density at radius 1 is 1.11 bits per heavy atom. The minimum absolute atomic E-state index is 0.314. The van der Waals surface area contributed by atoms with E-state index in [2.05, 4.69) is 49.4 Å². The number of ether oxygens (including phenoxy) is 1. The average molecular weight is 256 g/mol. The Balaban J connectivity index is 1.58. The lowest BCUT2D eigenvalue weighted by molar-refractivity contribution is 0.259. The molecule has 0 fully saturated rings. The van der Waals surface area contributed by atoms with Crippen LogP contribution in [-0.2, 0) is 6.42 Å². The molecule has 0 saturated carbocycles. The zero-order valence-corrected chi connectivity index (χ0v) is 11.2. The molecule has 18 heavy (non-hydrogen) atoms. The van der Waals surface area contributed by atoms with Crippen LogP contribution in [0.2, 0.25) is 0 Å². The number of para-hydroxylation sites is 1. The third-order valence-electron chi connectivity index (χ3n) is 3.17. The van der Waals surface area contributed by atoms with Crippen molar-refractivity contribution in [2.24, 2.45) is 0 Å². The van der Waals surface area contributed by atoms with Gasteiger partial charge in [0.1, 0.15) is 11.9 Å². The van der Waals surface area contributed by atoms with Gasteiger partial charge in [-0.2, -0.15) is 0 Å². The maximum atomic E-state index is 5.93. The van der Waals surface area contributed by atoms with E-state index >= 15 is 0 Å². The van der Waals surface area contributed by atoms with Crippen LogP contribution in [0.25, 0.3) is 0 Å². The van der Waals surface area contributed by atoms with E-state index in [1.54, 1.807) is 0 Å². The van der Waals surface area contributed by atoms with Crippen molar-refractivity contribution < 1.29 is 4.74 Å². The maximum Gasteiger partial charge on any atom is 0.123 e. The van der Waals surface area contributed by atoms with Crippen molar-refractivity contribution >= 4 is 11.8 Å². The molecular weight excluding hydrogens is 240 g/mol. The van der Waals surface area contributed by atoms with Crippen molar-refractivity contribution in [3.63, 3.8) is 0 Å². The molecule has 2 aromatic carbocycles. The smallest absolute Gasteiger partial charge is 0.123 e. The number of thioether (sulfide) groups is 1. The highest BCUT2D eigenvalue weighted by Crippen LogP contribution is 2.31. The maximum absolute atomic E-state index is 5.93. The SMILES string of the molecule is Cc1ccc(SCC2Cc3ccccc3O2)cc1. The lowest BCUT2D eigenvalue weighted by Gasteiger charge is -2.10. The first-order valence-electron chi connectivity index (χ1n) is 6.25. The largest absolute Gasteiger partial charge is 0.489 e. The van der Waals surface area contributed by atoms with Crippen molar-refractivity contribution in [3.8, 4) is 5.75 Å². The van der Waals surface area contributed by atoms with Crippen molar-refractivity contribution in [2.75, 3.05) is 5.75 Å². The fourth-order valence-electron chi connectivity index (χ4n) is 2.17. The van der Waals surface area contributed by atoms with E-state index in [4.69, 9.17) is 4.74 Å². The molecule has 1 nitrogen and oxygen atoms in total. The molecule has 0 aromatic heterocycles. The molecule has 0 N–H and O–H groups in total. The molecule has 0 spiro atoms. The summed E-state index contributed by atoms with van der Waals surface area (Å²) in [6.07, 6.45) is 1.35. The van der Waals surface area contributed by atoms with Crippen molar-refractivity contribution in [2.45, 2.75) is 24.3 Å². The van der Waals surface area contributed by atoms with Gasteiger partial charge in [0.15, 0.2) is 0 Å². The minimum atomic E-state index is 0.314. The Morgan fingerprint density at radius 2 is 1.89 bits per heavy atom. The highest BCUT2D eigenvalue weighted by atomic mass is 32.2. The molecule has 1 unspecified atom stereocenters. The van der Waals surface area contributed by atoms with Crippen LogP contribution in [0.15, 0.2) is 53.4 Å². The van der Waals surface area contributed by atoms with E-state index in [0.717, 1.165) is 17.9 Å². The van der Waals surface area contributed by atoms with Crippen LogP contribution in [0, 0.1) is 6.92 Å². The molecule has 1 aliphatic heterocycles. The van der Waals surface area contributed by atoms with Crippen LogP contribution in [0.3, 0.4) is 0 Å². The zero-order chi connectivity index (χ0) is 12.4. The normalized spacial score (nSPS) is 17.3. The molecule has 2 heteroatoms. The van der Waals surface area contributed by atoms with Gasteiger partial charge in [-0.1, -0.05) is 35.9 Å². The van der Waals surface area contributed by atoms with Crippen molar-refractivity contribution in [1.82, 2.24) is 0 Å². The average Bonchev–Trinajstić information content (AvgIpc) is 2.81. The summed E-state index contributed by atoms with van der Waals surface area (Å²) in [6, 6.07) is 17.0. The Morgan fingerprint density at radius 3 is 2.67 bits per heavy atom. The highest BCUT2D eigenvalue weighted by molar-refractivity contribution is 7.99. The molecule has 1 atom stereocenters. The summed E-state index contributed by atoms with van der Waals surface area (Å²) in [4.78, 5) is 1.32. The summed E-state index contributed by atoms with van der Waals surface area (Å²) in [5, 5.41) is 0. The van der Waals surface area contributed by atoms with Gasteiger partial charge in [-0.3, -0.25) is 0 Å². The summed E-state index contributed by atoms with van der Waals surface area (Å²) in [5.74, 6) is 2.07. The summed E-state index contributed by atoms with van der Waals surface area (Å²) >= 11 is 1.87. The number of hydrogen-bond acceptors (Lipinski definition) is 2. The van der Waals surface area contributed by atoms with E-state index in [0.29, 0.717) is 6.10 Å². The number of fused-ring (bicyclic) bond motifs is 1. The number of aryl methyl sites for hydroxylation is 1. The molecule has 1 aliphatic rings. The van der Waals surface area contributed by atoms with Gasteiger partial charge >= 0.3 is 0 Å². The third-order valence-corrected chi connectivity index (χ3v) is 4.31. The van der Waals surface area contributed by atoms with Gasteiger partial charge in [0, 0.05) is 17.1 Å². The van der Waals surface area contributed by atoms with Crippen molar-refractivity contribution in [1.29, 1.82) is 0 Å². The summed E-state index contributed by atoms with van der Waals surface area (Å²) in [6.45, 7) is 2.12. The van der Waals surface area contributed by atoms with Crippen LogP contribution in [0.1, 0.15) is 11.1 Å².